The number of nitrogens with one attached hydrogen (secondary N) is 2. The standard InChI is InChI=1S/C29H30N4O2/c1-20-13-15-22(16-14-20)29(35)33-17-7-10-23(19-33)28(34)32-26(18-21-8-3-2-4-9-21)27-30-24-11-5-6-12-25(24)31-27/h2-6,8-9,11-16,23,26H,7,10,17-19H2,1H3,(H,30,31)(H,32,34)/t23?,26-/m0/s1. The lowest BCUT2D eigenvalue weighted by atomic mass is 9.95. The van der Waals surface area contributed by atoms with Crippen LogP contribution in [0.15, 0.2) is 78.9 Å². The Morgan fingerprint density at radius 1 is 1.03 bits per heavy atom. The summed E-state index contributed by atoms with van der Waals surface area (Å²) in [5.74, 6) is 0.445. The van der Waals surface area contributed by atoms with Crippen molar-refractivity contribution in [3.05, 3.63) is 101 Å². The van der Waals surface area contributed by atoms with E-state index < -0.39 is 0 Å². The summed E-state index contributed by atoms with van der Waals surface area (Å²) in [5, 5.41) is 3.25. The number of carbonyl (C=O) groups is 2. The van der Waals surface area contributed by atoms with Crippen LogP contribution in [0.3, 0.4) is 0 Å². The average Bonchev–Trinajstić information content (AvgIpc) is 3.33. The Balaban J connectivity index is 1.33. The number of para-hydroxylation sites is 2. The van der Waals surface area contributed by atoms with E-state index in [1.807, 2.05) is 78.6 Å². The van der Waals surface area contributed by atoms with Crippen molar-refractivity contribution in [2.24, 2.45) is 5.92 Å². The van der Waals surface area contributed by atoms with Gasteiger partial charge in [-0.1, -0.05) is 60.2 Å². The summed E-state index contributed by atoms with van der Waals surface area (Å²) < 4.78 is 0. The summed E-state index contributed by atoms with van der Waals surface area (Å²) in [4.78, 5) is 36.4. The number of aromatic amines is 1. The molecule has 2 atom stereocenters. The lowest BCUT2D eigenvalue weighted by Gasteiger charge is -2.33. The van der Waals surface area contributed by atoms with E-state index in [4.69, 9.17) is 4.98 Å². The first-order valence-corrected chi connectivity index (χ1v) is 12.2. The van der Waals surface area contributed by atoms with Gasteiger partial charge in [0, 0.05) is 18.7 Å². The highest BCUT2D eigenvalue weighted by Gasteiger charge is 2.31. The number of fused-ring (bicyclic) bond motifs is 1. The Labute approximate surface area is 205 Å². The summed E-state index contributed by atoms with van der Waals surface area (Å²) in [6.07, 6.45) is 2.20. The first kappa shape index (κ1) is 22.8. The molecule has 1 aliphatic heterocycles. The molecular weight excluding hydrogens is 436 g/mol. The fourth-order valence-electron chi connectivity index (χ4n) is 4.75. The Morgan fingerprint density at radius 3 is 2.54 bits per heavy atom. The first-order valence-electron chi connectivity index (χ1n) is 12.2. The van der Waals surface area contributed by atoms with E-state index in [9.17, 15) is 9.59 Å². The van der Waals surface area contributed by atoms with Crippen molar-refractivity contribution < 1.29 is 9.59 Å². The van der Waals surface area contributed by atoms with E-state index in [-0.39, 0.29) is 23.8 Å². The molecule has 1 unspecified atom stereocenters. The number of likely N-dealkylation sites (tertiary alicyclic amines) is 1. The minimum atomic E-state index is -0.291. The van der Waals surface area contributed by atoms with Gasteiger partial charge in [-0.05, 0) is 56.0 Å². The molecular formula is C29H30N4O2. The monoisotopic (exact) mass is 466 g/mol. The fraction of sp³-hybridized carbons (Fsp3) is 0.276. The van der Waals surface area contributed by atoms with E-state index >= 15 is 0 Å². The lowest BCUT2D eigenvalue weighted by molar-refractivity contribution is -0.127. The lowest BCUT2D eigenvalue weighted by Crippen LogP contribution is -2.46. The van der Waals surface area contributed by atoms with Gasteiger partial charge in [-0.25, -0.2) is 4.98 Å². The fourth-order valence-corrected chi connectivity index (χ4v) is 4.75. The van der Waals surface area contributed by atoms with Crippen LogP contribution < -0.4 is 5.32 Å². The van der Waals surface area contributed by atoms with Crippen LogP contribution in [0.25, 0.3) is 11.0 Å². The van der Waals surface area contributed by atoms with E-state index in [1.54, 1.807) is 0 Å². The number of nitrogens with zero attached hydrogens (tertiary/aromatic N) is 2. The van der Waals surface area contributed by atoms with Gasteiger partial charge < -0.3 is 15.2 Å². The molecule has 6 heteroatoms. The van der Waals surface area contributed by atoms with Gasteiger partial charge in [0.05, 0.1) is 23.0 Å². The van der Waals surface area contributed by atoms with Crippen molar-refractivity contribution in [2.75, 3.05) is 13.1 Å². The molecule has 0 aliphatic carbocycles. The molecule has 1 saturated heterocycles. The molecule has 1 aliphatic rings. The molecule has 6 nitrogen and oxygen atoms in total. The second-order valence-electron chi connectivity index (χ2n) is 9.35. The molecule has 178 valence electrons. The van der Waals surface area contributed by atoms with Gasteiger partial charge in [-0.15, -0.1) is 0 Å². The first-order chi connectivity index (χ1) is 17.1. The van der Waals surface area contributed by atoms with Gasteiger partial charge in [-0.3, -0.25) is 9.59 Å². The minimum Gasteiger partial charge on any atom is -0.346 e. The number of hydrogen-bond acceptors (Lipinski definition) is 3. The van der Waals surface area contributed by atoms with Crippen molar-refractivity contribution in [1.29, 1.82) is 0 Å². The van der Waals surface area contributed by atoms with Crippen LogP contribution in [0.2, 0.25) is 0 Å². The molecule has 35 heavy (non-hydrogen) atoms. The molecule has 1 fully saturated rings. The number of hydrogen-bond donors (Lipinski definition) is 2. The van der Waals surface area contributed by atoms with Crippen LogP contribution in [0.4, 0.5) is 0 Å². The van der Waals surface area contributed by atoms with Gasteiger partial charge in [0.2, 0.25) is 5.91 Å². The number of imidazole rings is 1. The third kappa shape index (κ3) is 5.27. The maximum absolute atomic E-state index is 13.4. The molecule has 4 aromatic rings. The van der Waals surface area contributed by atoms with E-state index in [2.05, 4.69) is 22.4 Å². The highest BCUT2D eigenvalue weighted by Crippen LogP contribution is 2.23. The summed E-state index contributed by atoms with van der Waals surface area (Å²) in [5.41, 5.74) is 4.73. The predicted octanol–water partition coefficient (Wildman–Crippen LogP) is 4.82. The van der Waals surface area contributed by atoms with Crippen LogP contribution in [-0.2, 0) is 11.2 Å². The van der Waals surface area contributed by atoms with E-state index in [0.717, 1.165) is 40.8 Å². The third-order valence-corrected chi connectivity index (χ3v) is 6.71. The zero-order valence-corrected chi connectivity index (χ0v) is 19.9. The van der Waals surface area contributed by atoms with Gasteiger partial charge in [-0.2, -0.15) is 0 Å². The molecule has 5 rings (SSSR count). The van der Waals surface area contributed by atoms with Crippen molar-refractivity contribution in [1.82, 2.24) is 20.2 Å². The Morgan fingerprint density at radius 2 is 1.77 bits per heavy atom. The van der Waals surface area contributed by atoms with Crippen LogP contribution in [0.5, 0.6) is 0 Å². The summed E-state index contributed by atoms with van der Waals surface area (Å²) in [7, 11) is 0. The van der Waals surface area contributed by atoms with Crippen molar-refractivity contribution in [3.8, 4) is 0 Å². The van der Waals surface area contributed by atoms with Crippen molar-refractivity contribution >= 4 is 22.8 Å². The molecule has 2 N–H and O–H groups in total. The highest BCUT2D eigenvalue weighted by molar-refractivity contribution is 5.94. The van der Waals surface area contributed by atoms with E-state index in [0.29, 0.717) is 25.1 Å². The largest absolute Gasteiger partial charge is 0.346 e. The van der Waals surface area contributed by atoms with Crippen molar-refractivity contribution in [3.63, 3.8) is 0 Å². The van der Waals surface area contributed by atoms with Gasteiger partial charge in [0.1, 0.15) is 5.82 Å². The number of carbonyl (C=O) groups excluding carboxylic acids is 2. The smallest absolute Gasteiger partial charge is 0.253 e. The number of aryl methyl sites for hydroxylation is 1. The molecule has 2 amide bonds. The second kappa shape index (κ2) is 10.1. The molecule has 0 spiro atoms. The van der Waals surface area contributed by atoms with Gasteiger partial charge in [0.25, 0.3) is 5.91 Å². The zero-order chi connectivity index (χ0) is 24.2. The highest BCUT2D eigenvalue weighted by atomic mass is 16.2. The molecule has 0 radical (unpaired) electrons. The Kier molecular flexibility index (Phi) is 6.62. The average molecular weight is 467 g/mol. The van der Waals surface area contributed by atoms with Crippen molar-refractivity contribution in [2.45, 2.75) is 32.2 Å². The molecule has 1 aromatic heterocycles. The summed E-state index contributed by atoms with van der Waals surface area (Å²) in [6, 6.07) is 25.3. The number of aromatic nitrogens is 2. The molecule has 0 saturated carbocycles. The Bertz CT molecular complexity index is 1280. The van der Waals surface area contributed by atoms with Crippen LogP contribution in [0.1, 0.15) is 46.2 Å². The predicted molar refractivity (Wildman–Crippen MR) is 137 cm³/mol. The minimum absolute atomic E-state index is 0.0133. The van der Waals surface area contributed by atoms with Crippen LogP contribution in [0, 0.1) is 12.8 Å². The number of H-pyrrole nitrogens is 1. The molecule has 2 heterocycles. The zero-order valence-electron chi connectivity index (χ0n) is 19.9. The normalized spacial score (nSPS) is 16.7. The molecule has 3 aromatic carbocycles. The van der Waals surface area contributed by atoms with Crippen LogP contribution >= 0.6 is 0 Å². The van der Waals surface area contributed by atoms with Gasteiger partial charge in [0.15, 0.2) is 0 Å². The third-order valence-electron chi connectivity index (χ3n) is 6.71. The van der Waals surface area contributed by atoms with E-state index in [1.165, 1.54) is 0 Å². The SMILES string of the molecule is Cc1ccc(C(=O)N2CCCC(C(=O)N[C@@H](Cc3ccccc3)c3nc4ccccc4[nH]3)C2)cc1. The Hall–Kier alpha value is -3.93. The van der Waals surface area contributed by atoms with Crippen LogP contribution in [-0.4, -0.2) is 39.8 Å². The number of amides is 2. The number of piperidine rings is 1. The maximum atomic E-state index is 13.4. The number of rotatable bonds is 6. The maximum Gasteiger partial charge on any atom is 0.253 e. The second-order valence-corrected chi connectivity index (χ2v) is 9.35. The number of benzene rings is 3. The quantitative estimate of drug-likeness (QED) is 0.428. The topological polar surface area (TPSA) is 78.1 Å². The summed E-state index contributed by atoms with van der Waals surface area (Å²) >= 11 is 0. The molecule has 0 bridgehead atoms. The van der Waals surface area contributed by atoms with Gasteiger partial charge >= 0.3 is 0 Å². The summed E-state index contributed by atoms with van der Waals surface area (Å²) in [6.45, 7) is 3.10.